The molecule has 0 saturated carbocycles. The first-order valence-electron chi connectivity index (χ1n) is 7.76. The summed E-state index contributed by atoms with van der Waals surface area (Å²) in [7, 11) is 0. The largest absolute Gasteiger partial charge is 0.368 e. The summed E-state index contributed by atoms with van der Waals surface area (Å²) in [5.74, 6) is 0.711. The average Bonchev–Trinajstić information content (AvgIpc) is 2.81. The second-order valence-corrected chi connectivity index (χ2v) is 6.16. The highest BCUT2D eigenvalue weighted by molar-refractivity contribution is 5.81. The van der Waals surface area contributed by atoms with Gasteiger partial charge in [0.05, 0.1) is 0 Å². The van der Waals surface area contributed by atoms with E-state index in [9.17, 15) is 9.59 Å². The Labute approximate surface area is 121 Å². The van der Waals surface area contributed by atoms with Crippen molar-refractivity contribution in [2.75, 3.05) is 32.8 Å². The van der Waals surface area contributed by atoms with Gasteiger partial charge in [-0.3, -0.25) is 9.59 Å². The van der Waals surface area contributed by atoms with Crippen LogP contribution in [-0.2, 0) is 14.3 Å². The first-order valence-corrected chi connectivity index (χ1v) is 7.76. The van der Waals surface area contributed by atoms with Crippen LogP contribution < -0.4 is 0 Å². The summed E-state index contributed by atoms with van der Waals surface area (Å²) in [6.45, 7) is 7.62. The van der Waals surface area contributed by atoms with Crippen LogP contribution in [0, 0.1) is 5.92 Å². The third-order valence-corrected chi connectivity index (χ3v) is 3.95. The third-order valence-electron chi connectivity index (χ3n) is 3.95. The van der Waals surface area contributed by atoms with Crippen molar-refractivity contribution in [2.24, 2.45) is 5.92 Å². The fourth-order valence-corrected chi connectivity index (χ4v) is 2.84. The van der Waals surface area contributed by atoms with Gasteiger partial charge in [0, 0.05) is 39.2 Å². The number of carbonyl (C=O) groups excluding carboxylic acids is 2. The second-order valence-electron chi connectivity index (χ2n) is 6.16. The zero-order chi connectivity index (χ0) is 14.5. The van der Waals surface area contributed by atoms with Crippen LogP contribution >= 0.6 is 0 Å². The smallest absolute Gasteiger partial charge is 0.251 e. The van der Waals surface area contributed by atoms with Gasteiger partial charge in [-0.05, 0) is 25.2 Å². The predicted octanol–water partition coefficient (Wildman–Crippen LogP) is 1.27. The number of carbonyl (C=O) groups is 2. The van der Waals surface area contributed by atoms with E-state index in [1.54, 1.807) is 0 Å². The number of nitrogens with zero attached hydrogens (tertiary/aromatic N) is 2. The number of rotatable bonds is 3. The highest BCUT2D eigenvalue weighted by Gasteiger charge is 2.30. The maximum absolute atomic E-state index is 12.3. The molecule has 2 fully saturated rings. The van der Waals surface area contributed by atoms with Crippen LogP contribution in [0.1, 0.15) is 39.5 Å². The molecule has 0 aromatic rings. The molecule has 0 bridgehead atoms. The van der Waals surface area contributed by atoms with E-state index in [1.807, 2.05) is 9.80 Å². The molecule has 2 aliphatic heterocycles. The van der Waals surface area contributed by atoms with Crippen LogP contribution in [0.2, 0.25) is 0 Å². The summed E-state index contributed by atoms with van der Waals surface area (Å²) < 4.78 is 5.46. The van der Waals surface area contributed by atoms with E-state index >= 15 is 0 Å². The van der Waals surface area contributed by atoms with Crippen molar-refractivity contribution in [1.29, 1.82) is 0 Å². The Kier molecular flexibility index (Phi) is 5.40. The molecule has 0 aromatic heterocycles. The molecule has 5 nitrogen and oxygen atoms in total. The van der Waals surface area contributed by atoms with E-state index in [2.05, 4.69) is 13.8 Å². The van der Waals surface area contributed by atoms with E-state index in [-0.39, 0.29) is 17.9 Å². The van der Waals surface area contributed by atoms with Gasteiger partial charge in [-0.15, -0.1) is 0 Å². The highest BCUT2D eigenvalue weighted by Crippen LogP contribution is 2.16. The minimum Gasteiger partial charge on any atom is -0.368 e. The standard InChI is InChI=1S/C15H26N2O3/c1-12(2)11-14(18)16-6-4-7-17(9-8-16)15(19)13-5-3-10-20-13/h12-13H,3-11H2,1-2H3. The fourth-order valence-electron chi connectivity index (χ4n) is 2.84. The molecular formula is C15H26N2O3. The first-order chi connectivity index (χ1) is 9.58. The van der Waals surface area contributed by atoms with Gasteiger partial charge in [-0.2, -0.15) is 0 Å². The Hall–Kier alpha value is -1.10. The molecule has 0 aromatic carbocycles. The lowest BCUT2D eigenvalue weighted by Gasteiger charge is -2.24. The van der Waals surface area contributed by atoms with Crippen molar-refractivity contribution < 1.29 is 14.3 Å². The van der Waals surface area contributed by atoms with Crippen LogP contribution in [0.15, 0.2) is 0 Å². The normalized spacial score (nSPS) is 24.1. The van der Waals surface area contributed by atoms with E-state index in [0.29, 0.717) is 32.0 Å². The minimum atomic E-state index is -0.243. The van der Waals surface area contributed by atoms with E-state index < -0.39 is 0 Å². The number of amides is 2. The monoisotopic (exact) mass is 282 g/mol. The van der Waals surface area contributed by atoms with Crippen molar-refractivity contribution in [3.05, 3.63) is 0 Å². The molecule has 114 valence electrons. The Morgan fingerprint density at radius 2 is 1.80 bits per heavy atom. The van der Waals surface area contributed by atoms with Crippen molar-refractivity contribution >= 4 is 11.8 Å². The summed E-state index contributed by atoms with van der Waals surface area (Å²) in [5.41, 5.74) is 0. The molecule has 2 aliphatic rings. The van der Waals surface area contributed by atoms with Crippen LogP contribution in [-0.4, -0.2) is 60.5 Å². The van der Waals surface area contributed by atoms with Crippen molar-refractivity contribution in [1.82, 2.24) is 9.80 Å². The lowest BCUT2D eigenvalue weighted by molar-refractivity contribution is -0.141. The quantitative estimate of drug-likeness (QED) is 0.783. The van der Waals surface area contributed by atoms with E-state index in [1.165, 1.54) is 0 Å². The Balaban J connectivity index is 1.85. The molecule has 0 N–H and O–H groups in total. The third kappa shape index (κ3) is 3.95. The molecule has 0 radical (unpaired) electrons. The number of hydrogen-bond acceptors (Lipinski definition) is 3. The molecule has 2 heterocycles. The van der Waals surface area contributed by atoms with Crippen molar-refractivity contribution in [3.63, 3.8) is 0 Å². The number of hydrogen-bond donors (Lipinski definition) is 0. The first kappa shape index (κ1) is 15.3. The molecule has 0 aliphatic carbocycles. The van der Waals surface area contributed by atoms with Crippen LogP contribution in [0.5, 0.6) is 0 Å². The predicted molar refractivity (Wildman–Crippen MR) is 76.2 cm³/mol. The Morgan fingerprint density at radius 1 is 1.10 bits per heavy atom. The van der Waals surface area contributed by atoms with Gasteiger partial charge in [0.15, 0.2) is 0 Å². The van der Waals surface area contributed by atoms with Crippen LogP contribution in [0.3, 0.4) is 0 Å². The van der Waals surface area contributed by atoms with Crippen molar-refractivity contribution in [3.8, 4) is 0 Å². The van der Waals surface area contributed by atoms with Gasteiger partial charge in [-0.1, -0.05) is 13.8 Å². The lowest BCUT2D eigenvalue weighted by atomic mass is 10.1. The molecule has 2 rings (SSSR count). The Morgan fingerprint density at radius 3 is 2.45 bits per heavy atom. The van der Waals surface area contributed by atoms with Gasteiger partial charge in [0.2, 0.25) is 5.91 Å². The van der Waals surface area contributed by atoms with Crippen LogP contribution in [0.4, 0.5) is 0 Å². The molecule has 5 heteroatoms. The zero-order valence-electron chi connectivity index (χ0n) is 12.6. The molecule has 1 atom stereocenters. The minimum absolute atomic E-state index is 0.112. The summed E-state index contributed by atoms with van der Waals surface area (Å²) >= 11 is 0. The summed E-state index contributed by atoms with van der Waals surface area (Å²) in [6, 6.07) is 0. The summed E-state index contributed by atoms with van der Waals surface area (Å²) in [4.78, 5) is 28.2. The molecule has 2 amide bonds. The van der Waals surface area contributed by atoms with Gasteiger partial charge < -0.3 is 14.5 Å². The highest BCUT2D eigenvalue weighted by atomic mass is 16.5. The summed E-state index contributed by atoms with van der Waals surface area (Å²) in [5, 5.41) is 0. The van der Waals surface area contributed by atoms with Gasteiger partial charge in [0.25, 0.3) is 5.91 Å². The van der Waals surface area contributed by atoms with Gasteiger partial charge in [0.1, 0.15) is 6.10 Å². The van der Waals surface area contributed by atoms with Gasteiger partial charge >= 0.3 is 0 Å². The fraction of sp³-hybridized carbons (Fsp3) is 0.867. The molecule has 1 unspecified atom stereocenters. The Bertz CT molecular complexity index is 351. The molecule has 20 heavy (non-hydrogen) atoms. The average molecular weight is 282 g/mol. The van der Waals surface area contributed by atoms with Gasteiger partial charge in [-0.25, -0.2) is 0 Å². The zero-order valence-corrected chi connectivity index (χ0v) is 12.6. The van der Waals surface area contributed by atoms with Crippen LogP contribution in [0.25, 0.3) is 0 Å². The maximum Gasteiger partial charge on any atom is 0.251 e. The second kappa shape index (κ2) is 7.07. The molecule has 2 saturated heterocycles. The van der Waals surface area contributed by atoms with Crippen molar-refractivity contribution in [2.45, 2.75) is 45.6 Å². The number of ether oxygens (including phenoxy) is 1. The molecular weight excluding hydrogens is 256 g/mol. The van der Waals surface area contributed by atoms with E-state index in [4.69, 9.17) is 4.74 Å². The maximum atomic E-state index is 12.3. The summed E-state index contributed by atoms with van der Waals surface area (Å²) in [6.07, 6.45) is 3.03. The SMILES string of the molecule is CC(C)CC(=O)N1CCCN(C(=O)C2CCCO2)CC1. The molecule has 0 spiro atoms. The lowest BCUT2D eigenvalue weighted by Crippen LogP contribution is -2.42. The topological polar surface area (TPSA) is 49.9 Å². The van der Waals surface area contributed by atoms with E-state index in [0.717, 1.165) is 32.4 Å².